The Kier molecular flexibility index (Phi) is 14.3. The molecule has 0 spiro atoms. The smallest absolute Gasteiger partial charge is 0.373 e. The molecule has 2 heterocycles. The van der Waals surface area contributed by atoms with Gasteiger partial charge in [0.1, 0.15) is 12.2 Å². The average Bonchev–Trinajstić information content (AvgIpc) is 2.96. The van der Waals surface area contributed by atoms with Crippen molar-refractivity contribution >= 4 is 5.97 Å². The monoisotopic (exact) mass is 622 g/mol. The number of allylic oxidation sites excluding steroid dienone is 5. The van der Waals surface area contributed by atoms with Crippen LogP contribution in [0.4, 0.5) is 0 Å². The molecule has 0 bridgehead atoms. The molecule has 1 fully saturated rings. The highest BCUT2D eigenvalue weighted by molar-refractivity contribution is 5.87. The SMILES string of the molecule is CO/C1=C\C(C)=C\C(C)[C@H](O)[C@H](C)C/C(C)=C/C=C/[C@@H](OC)C([C@@H](C)[C@@H](O)[C@H](C)[C@]2(O)CC(O)C(C)[C@@H](C(C)C)O2)OC1=O. The number of esters is 1. The van der Waals surface area contributed by atoms with Crippen molar-refractivity contribution in [3.05, 3.63) is 47.3 Å². The van der Waals surface area contributed by atoms with Crippen LogP contribution in [0.3, 0.4) is 0 Å². The topological polar surface area (TPSA) is 135 Å². The Labute approximate surface area is 264 Å². The number of hydrogen-bond donors (Lipinski definition) is 4. The summed E-state index contributed by atoms with van der Waals surface area (Å²) in [5.41, 5.74) is 1.78. The Morgan fingerprint density at radius 2 is 1.68 bits per heavy atom. The first-order chi connectivity index (χ1) is 20.5. The second kappa shape index (κ2) is 16.5. The van der Waals surface area contributed by atoms with E-state index in [1.54, 1.807) is 26.0 Å². The molecule has 252 valence electrons. The van der Waals surface area contributed by atoms with Gasteiger partial charge in [-0.05, 0) is 38.2 Å². The van der Waals surface area contributed by atoms with E-state index in [1.807, 2.05) is 66.7 Å². The van der Waals surface area contributed by atoms with E-state index in [4.69, 9.17) is 18.9 Å². The van der Waals surface area contributed by atoms with Crippen LogP contribution in [0.2, 0.25) is 0 Å². The van der Waals surface area contributed by atoms with Crippen LogP contribution in [0.1, 0.15) is 75.2 Å². The fourth-order valence-corrected chi connectivity index (χ4v) is 6.54. The second-order valence-electron chi connectivity index (χ2n) is 13.6. The predicted molar refractivity (Wildman–Crippen MR) is 170 cm³/mol. The first-order valence-corrected chi connectivity index (χ1v) is 15.9. The molecule has 4 unspecified atom stereocenters. The summed E-state index contributed by atoms with van der Waals surface area (Å²) in [4.78, 5) is 13.5. The van der Waals surface area contributed by atoms with E-state index >= 15 is 0 Å². The van der Waals surface area contributed by atoms with E-state index in [9.17, 15) is 25.2 Å². The number of cyclic esters (lactones) is 1. The van der Waals surface area contributed by atoms with E-state index in [1.165, 1.54) is 14.2 Å². The predicted octanol–water partition coefficient (Wildman–Crippen LogP) is 4.69. The highest BCUT2D eigenvalue weighted by Crippen LogP contribution is 2.41. The zero-order valence-electron chi connectivity index (χ0n) is 28.6. The molecular formula is C35H58O9. The molecule has 12 atom stereocenters. The summed E-state index contributed by atoms with van der Waals surface area (Å²) in [5.74, 6) is -4.49. The van der Waals surface area contributed by atoms with Gasteiger partial charge in [0.25, 0.3) is 0 Å². The third-order valence-corrected chi connectivity index (χ3v) is 9.50. The fraction of sp³-hybridized carbons (Fsp3) is 0.743. The van der Waals surface area contributed by atoms with Gasteiger partial charge in [-0.3, -0.25) is 0 Å². The molecule has 1 saturated heterocycles. The van der Waals surface area contributed by atoms with E-state index < -0.39 is 60.2 Å². The molecule has 2 rings (SSSR count). The van der Waals surface area contributed by atoms with Gasteiger partial charge in [0.15, 0.2) is 5.79 Å². The molecule has 0 amide bonds. The van der Waals surface area contributed by atoms with Crippen molar-refractivity contribution in [3.63, 3.8) is 0 Å². The van der Waals surface area contributed by atoms with Crippen LogP contribution in [0, 0.1) is 35.5 Å². The maximum absolute atomic E-state index is 13.5. The Hall–Kier alpha value is -2.01. The Balaban J connectivity index is 2.52. The summed E-state index contributed by atoms with van der Waals surface area (Å²) in [6, 6.07) is 0. The van der Waals surface area contributed by atoms with Crippen LogP contribution < -0.4 is 0 Å². The van der Waals surface area contributed by atoms with Crippen LogP contribution in [-0.4, -0.2) is 83.0 Å². The van der Waals surface area contributed by atoms with Crippen molar-refractivity contribution in [1.29, 1.82) is 0 Å². The molecule has 0 aliphatic carbocycles. The van der Waals surface area contributed by atoms with Gasteiger partial charge in [0.2, 0.25) is 5.76 Å². The zero-order valence-corrected chi connectivity index (χ0v) is 28.6. The van der Waals surface area contributed by atoms with Crippen molar-refractivity contribution < 1.29 is 44.2 Å². The molecule has 2 aliphatic rings. The molecule has 0 saturated carbocycles. The highest BCUT2D eigenvalue weighted by atomic mass is 16.6. The number of hydrogen-bond acceptors (Lipinski definition) is 9. The summed E-state index contributed by atoms with van der Waals surface area (Å²) in [6.07, 6.45) is 4.85. The van der Waals surface area contributed by atoms with Crippen molar-refractivity contribution in [2.24, 2.45) is 35.5 Å². The molecule has 9 heteroatoms. The maximum Gasteiger partial charge on any atom is 0.373 e. The van der Waals surface area contributed by atoms with Gasteiger partial charge in [-0.15, -0.1) is 0 Å². The van der Waals surface area contributed by atoms with Gasteiger partial charge in [0, 0.05) is 37.2 Å². The standard InChI is InChI=1S/C35H58O9/c1-19(2)32-24(7)27(36)18-35(40,44-32)26(9)31(38)25(8)33-28(41-10)14-12-13-20(3)15-22(5)30(37)23(6)16-21(4)17-29(42-11)34(39)43-33/h12-14,16-17,19,22-28,30-33,36-38,40H,15,18H2,1-11H3/b14-12+,20-13+,21-16+,29-17-/t22-,23?,24?,25+,26+,27?,28-,30-,31-,32-,33?,35+/m1/s1. The number of rotatable bonds is 7. The minimum Gasteiger partial charge on any atom is -0.490 e. The lowest BCUT2D eigenvalue weighted by Gasteiger charge is -2.49. The molecule has 9 nitrogen and oxygen atoms in total. The average molecular weight is 623 g/mol. The van der Waals surface area contributed by atoms with Gasteiger partial charge in [0.05, 0.1) is 31.5 Å². The summed E-state index contributed by atoms with van der Waals surface area (Å²) in [7, 11) is 2.87. The normalized spacial score (nSPS) is 41.2. The number of aliphatic hydroxyl groups excluding tert-OH is 3. The van der Waals surface area contributed by atoms with E-state index in [2.05, 4.69) is 0 Å². The zero-order chi connectivity index (χ0) is 33.5. The summed E-state index contributed by atoms with van der Waals surface area (Å²) >= 11 is 0. The first-order valence-electron chi connectivity index (χ1n) is 15.9. The maximum atomic E-state index is 13.5. The van der Waals surface area contributed by atoms with E-state index in [0.29, 0.717) is 6.42 Å². The van der Waals surface area contributed by atoms with Crippen molar-refractivity contribution in [2.75, 3.05) is 14.2 Å². The van der Waals surface area contributed by atoms with Gasteiger partial charge in [-0.1, -0.05) is 83.9 Å². The first kappa shape index (κ1) is 38.2. The number of aliphatic hydroxyl groups is 4. The summed E-state index contributed by atoms with van der Waals surface area (Å²) in [6.45, 7) is 17.0. The van der Waals surface area contributed by atoms with E-state index in [-0.39, 0.29) is 35.9 Å². The molecule has 4 N–H and O–H groups in total. The van der Waals surface area contributed by atoms with Crippen LogP contribution in [-0.2, 0) is 23.7 Å². The lowest BCUT2D eigenvalue weighted by Crippen LogP contribution is -2.59. The number of carbonyl (C=O) groups is 1. The van der Waals surface area contributed by atoms with Gasteiger partial charge in [-0.25, -0.2) is 4.79 Å². The van der Waals surface area contributed by atoms with Gasteiger partial charge < -0.3 is 39.4 Å². The molecular weight excluding hydrogens is 564 g/mol. The largest absolute Gasteiger partial charge is 0.490 e. The van der Waals surface area contributed by atoms with Crippen LogP contribution >= 0.6 is 0 Å². The Bertz CT molecular complexity index is 1060. The second-order valence-corrected chi connectivity index (χ2v) is 13.6. The van der Waals surface area contributed by atoms with Crippen LogP contribution in [0.15, 0.2) is 47.3 Å². The van der Waals surface area contributed by atoms with E-state index in [0.717, 1.165) is 11.1 Å². The molecule has 44 heavy (non-hydrogen) atoms. The van der Waals surface area contributed by atoms with Crippen LogP contribution in [0.5, 0.6) is 0 Å². The molecule has 2 aliphatic heterocycles. The lowest BCUT2D eigenvalue weighted by molar-refractivity contribution is -0.328. The summed E-state index contributed by atoms with van der Waals surface area (Å²) in [5, 5.41) is 45.0. The van der Waals surface area contributed by atoms with Gasteiger partial charge in [-0.2, -0.15) is 0 Å². The molecule has 0 aromatic carbocycles. The van der Waals surface area contributed by atoms with Crippen molar-refractivity contribution in [2.45, 2.75) is 118 Å². The minimum absolute atomic E-state index is 0.00492. The Morgan fingerprint density at radius 1 is 1.05 bits per heavy atom. The number of carbonyl (C=O) groups excluding carboxylic acids is 1. The lowest BCUT2D eigenvalue weighted by atomic mass is 9.76. The van der Waals surface area contributed by atoms with Crippen molar-refractivity contribution in [3.8, 4) is 0 Å². The van der Waals surface area contributed by atoms with Gasteiger partial charge >= 0.3 is 5.97 Å². The molecule has 0 radical (unpaired) electrons. The third-order valence-electron chi connectivity index (χ3n) is 9.50. The molecule has 0 aromatic rings. The fourth-order valence-electron chi connectivity index (χ4n) is 6.54. The number of ether oxygens (including phenoxy) is 4. The quantitative estimate of drug-likeness (QED) is 0.298. The third kappa shape index (κ3) is 9.50. The molecule has 0 aromatic heterocycles. The van der Waals surface area contributed by atoms with Crippen molar-refractivity contribution in [1.82, 2.24) is 0 Å². The minimum atomic E-state index is -1.80. The van der Waals surface area contributed by atoms with Crippen LogP contribution in [0.25, 0.3) is 0 Å². The summed E-state index contributed by atoms with van der Waals surface area (Å²) < 4.78 is 23.4. The Morgan fingerprint density at radius 3 is 2.25 bits per heavy atom. The highest BCUT2D eigenvalue weighted by Gasteiger charge is 2.51. The number of methoxy groups -OCH3 is 2.